The molecule has 1 N–H and O–H groups in total. The van der Waals surface area contributed by atoms with E-state index in [9.17, 15) is 18.7 Å². The first-order chi connectivity index (χ1) is 14.4. The molecular formula is C24H20F2N2O2. The van der Waals surface area contributed by atoms with Crippen molar-refractivity contribution in [3.63, 3.8) is 0 Å². The molecule has 4 aromatic rings. The van der Waals surface area contributed by atoms with E-state index in [0.29, 0.717) is 6.54 Å². The van der Waals surface area contributed by atoms with Gasteiger partial charge in [-0.1, -0.05) is 30.3 Å². The van der Waals surface area contributed by atoms with Crippen molar-refractivity contribution in [2.24, 2.45) is 0 Å². The number of fused-ring (bicyclic) bond motifs is 1. The topological polar surface area (TPSA) is 45.5 Å². The summed E-state index contributed by atoms with van der Waals surface area (Å²) in [6.07, 6.45) is 1.82. The van der Waals surface area contributed by atoms with Gasteiger partial charge >= 0.3 is 5.97 Å². The summed E-state index contributed by atoms with van der Waals surface area (Å²) >= 11 is 0. The van der Waals surface area contributed by atoms with Crippen molar-refractivity contribution >= 4 is 28.2 Å². The van der Waals surface area contributed by atoms with Gasteiger partial charge in [-0.2, -0.15) is 0 Å². The first-order valence-electron chi connectivity index (χ1n) is 9.48. The zero-order valence-electron chi connectivity index (χ0n) is 16.3. The van der Waals surface area contributed by atoms with Gasteiger partial charge < -0.3 is 14.6 Å². The number of anilines is 2. The van der Waals surface area contributed by atoms with E-state index in [0.717, 1.165) is 39.8 Å². The minimum Gasteiger partial charge on any atom is -0.481 e. The molecule has 0 bridgehead atoms. The molecule has 152 valence electrons. The minimum atomic E-state index is -0.876. The third kappa shape index (κ3) is 3.89. The summed E-state index contributed by atoms with van der Waals surface area (Å²) in [4.78, 5) is 12.8. The van der Waals surface area contributed by atoms with Crippen LogP contribution >= 0.6 is 0 Å². The first kappa shape index (κ1) is 19.6. The van der Waals surface area contributed by atoms with Gasteiger partial charge in [-0.05, 0) is 41.5 Å². The summed E-state index contributed by atoms with van der Waals surface area (Å²) in [5.74, 6) is -1.88. The summed E-state index contributed by atoms with van der Waals surface area (Å²) < 4.78 is 29.8. The molecule has 6 heteroatoms. The number of para-hydroxylation sites is 1. The highest BCUT2D eigenvalue weighted by molar-refractivity contribution is 5.87. The van der Waals surface area contributed by atoms with Gasteiger partial charge in [0, 0.05) is 42.4 Å². The van der Waals surface area contributed by atoms with Gasteiger partial charge in [0.2, 0.25) is 0 Å². The van der Waals surface area contributed by atoms with Crippen LogP contribution in [0.4, 0.5) is 20.2 Å². The fraction of sp³-hybridized carbons (Fsp3) is 0.125. The Morgan fingerprint density at radius 3 is 2.63 bits per heavy atom. The molecule has 0 saturated heterocycles. The highest BCUT2D eigenvalue weighted by Crippen LogP contribution is 2.29. The Hall–Kier alpha value is -3.67. The lowest BCUT2D eigenvalue weighted by atomic mass is 10.1. The number of aromatic nitrogens is 1. The lowest BCUT2D eigenvalue weighted by Gasteiger charge is -2.21. The van der Waals surface area contributed by atoms with E-state index in [1.807, 2.05) is 59.3 Å². The molecule has 4 rings (SSSR count). The number of carbonyl (C=O) groups is 1. The van der Waals surface area contributed by atoms with Gasteiger partial charge in [0.05, 0.1) is 12.1 Å². The maximum absolute atomic E-state index is 14.2. The lowest BCUT2D eigenvalue weighted by molar-refractivity contribution is -0.136. The molecule has 4 nitrogen and oxygen atoms in total. The molecular weight excluding hydrogens is 386 g/mol. The van der Waals surface area contributed by atoms with Gasteiger partial charge in [0.25, 0.3) is 0 Å². The maximum atomic E-state index is 14.2. The minimum absolute atomic E-state index is 0.0465. The van der Waals surface area contributed by atoms with Crippen LogP contribution < -0.4 is 4.90 Å². The average Bonchev–Trinajstić information content (AvgIpc) is 3.06. The predicted molar refractivity (Wildman–Crippen MR) is 113 cm³/mol. The number of benzene rings is 3. The number of aliphatic carboxylic acids is 1. The van der Waals surface area contributed by atoms with Gasteiger partial charge in [-0.3, -0.25) is 4.79 Å². The normalized spacial score (nSPS) is 11.0. The Morgan fingerprint density at radius 1 is 1.03 bits per heavy atom. The zero-order valence-corrected chi connectivity index (χ0v) is 16.3. The predicted octanol–water partition coefficient (Wildman–Crippen LogP) is 5.36. The van der Waals surface area contributed by atoms with Crippen LogP contribution in [0.3, 0.4) is 0 Å². The number of hydrogen-bond donors (Lipinski definition) is 1. The van der Waals surface area contributed by atoms with Crippen molar-refractivity contribution in [1.29, 1.82) is 0 Å². The smallest absolute Gasteiger partial charge is 0.307 e. The highest BCUT2D eigenvalue weighted by Gasteiger charge is 2.13. The fourth-order valence-corrected chi connectivity index (χ4v) is 3.70. The molecule has 0 unspecified atom stereocenters. The molecule has 0 aliphatic carbocycles. The molecule has 0 saturated carbocycles. The molecule has 0 atom stereocenters. The summed E-state index contributed by atoms with van der Waals surface area (Å²) in [6.45, 7) is 0.521. The molecule has 1 aromatic heterocycles. The summed E-state index contributed by atoms with van der Waals surface area (Å²) in [6, 6.07) is 18.6. The van der Waals surface area contributed by atoms with Crippen LogP contribution in [-0.2, 0) is 17.8 Å². The number of carboxylic acid groups (broad SMARTS) is 1. The molecule has 0 spiro atoms. The van der Waals surface area contributed by atoms with E-state index in [2.05, 4.69) is 0 Å². The second-order valence-corrected chi connectivity index (χ2v) is 7.19. The monoisotopic (exact) mass is 406 g/mol. The molecule has 0 aliphatic heterocycles. The zero-order chi connectivity index (χ0) is 21.3. The van der Waals surface area contributed by atoms with Crippen molar-refractivity contribution in [1.82, 2.24) is 4.57 Å². The van der Waals surface area contributed by atoms with E-state index in [-0.39, 0.29) is 12.1 Å². The van der Waals surface area contributed by atoms with E-state index >= 15 is 0 Å². The second kappa shape index (κ2) is 7.99. The largest absolute Gasteiger partial charge is 0.481 e. The van der Waals surface area contributed by atoms with Crippen molar-refractivity contribution < 1.29 is 18.7 Å². The van der Waals surface area contributed by atoms with E-state index in [1.165, 1.54) is 6.07 Å². The molecule has 0 aliphatic rings. The molecule has 0 fully saturated rings. The Kier molecular flexibility index (Phi) is 5.23. The van der Waals surface area contributed by atoms with Crippen LogP contribution in [0.5, 0.6) is 0 Å². The van der Waals surface area contributed by atoms with E-state index in [1.54, 1.807) is 11.9 Å². The van der Waals surface area contributed by atoms with Crippen LogP contribution in [-0.4, -0.2) is 22.7 Å². The maximum Gasteiger partial charge on any atom is 0.307 e. The van der Waals surface area contributed by atoms with Crippen LogP contribution in [0, 0.1) is 11.6 Å². The highest BCUT2D eigenvalue weighted by atomic mass is 19.1. The van der Waals surface area contributed by atoms with Crippen LogP contribution in [0.25, 0.3) is 10.9 Å². The molecule has 0 radical (unpaired) electrons. The number of rotatable bonds is 6. The number of carboxylic acids is 1. The number of nitrogens with zero attached hydrogens (tertiary/aromatic N) is 2. The average molecular weight is 406 g/mol. The second-order valence-electron chi connectivity index (χ2n) is 7.19. The number of halogens is 2. The number of hydrogen-bond acceptors (Lipinski definition) is 2. The Morgan fingerprint density at radius 2 is 1.83 bits per heavy atom. The van der Waals surface area contributed by atoms with Crippen LogP contribution in [0.2, 0.25) is 0 Å². The summed E-state index contributed by atoms with van der Waals surface area (Å²) in [5, 5.41) is 10.1. The quantitative estimate of drug-likeness (QED) is 0.469. The summed E-state index contributed by atoms with van der Waals surface area (Å²) in [7, 11) is 1.69. The SMILES string of the molecule is CN(c1cccc(Cn2cc(CC(=O)O)c3ccccc32)c1)c1cc(F)ccc1F. The van der Waals surface area contributed by atoms with Crippen molar-refractivity contribution in [3.8, 4) is 0 Å². The molecule has 3 aromatic carbocycles. The van der Waals surface area contributed by atoms with E-state index in [4.69, 9.17) is 0 Å². The summed E-state index contributed by atoms with van der Waals surface area (Å²) in [5.41, 5.74) is 3.54. The third-order valence-electron chi connectivity index (χ3n) is 5.13. The molecule has 0 amide bonds. The van der Waals surface area contributed by atoms with E-state index < -0.39 is 17.6 Å². The van der Waals surface area contributed by atoms with Gasteiger partial charge in [-0.25, -0.2) is 8.78 Å². The van der Waals surface area contributed by atoms with Crippen molar-refractivity contribution in [2.45, 2.75) is 13.0 Å². The third-order valence-corrected chi connectivity index (χ3v) is 5.13. The Labute approximate surface area is 172 Å². The molecule has 30 heavy (non-hydrogen) atoms. The lowest BCUT2D eigenvalue weighted by Crippen LogP contribution is -2.12. The van der Waals surface area contributed by atoms with Crippen molar-refractivity contribution in [2.75, 3.05) is 11.9 Å². The first-order valence-corrected chi connectivity index (χ1v) is 9.48. The molecule has 1 heterocycles. The Balaban J connectivity index is 1.67. The van der Waals surface area contributed by atoms with Crippen LogP contribution in [0.15, 0.2) is 72.9 Å². The standard InChI is InChI=1S/C24H20F2N2O2/c1-27(23-13-18(25)9-10-21(23)26)19-6-4-5-16(11-19)14-28-15-17(12-24(29)30)20-7-2-3-8-22(20)28/h2-11,13,15H,12,14H2,1H3,(H,29,30). The Bertz CT molecular complexity index is 1230. The van der Waals surface area contributed by atoms with Gasteiger partial charge in [0.1, 0.15) is 11.6 Å². The van der Waals surface area contributed by atoms with Crippen LogP contribution in [0.1, 0.15) is 11.1 Å². The van der Waals surface area contributed by atoms with Gasteiger partial charge in [-0.15, -0.1) is 0 Å². The van der Waals surface area contributed by atoms with Gasteiger partial charge in [0.15, 0.2) is 0 Å². The van der Waals surface area contributed by atoms with Crippen molar-refractivity contribution in [3.05, 3.63) is 95.7 Å². The fourth-order valence-electron chi connectivity index (χ4n) is 3.70.